The van der Waals surface area contributed by atoms with Crippen LogP contribution in [-0.4, -0.2) is 21.8 Å². The van der Waals surface area contributed by atoms with Gasteiger partial charge in [-0.1, -0.05) is 40.9 Å². The van der Waals surface area contributed by atoms with Gasteiger partial charge in [0.2, 0.25) is 0 Å². The van der Waals surface area contributed by atoms with E-state index in [1.165, 1.54) is 6.20 Å². The number of rotatable bonds is 4. The lowest BCUT2D eigenvalue weighted by molar-refractivity contribution is 0.192. The van der Waals surface area contributed by atoms with Crippen LogP contribution in [0.2, 0.25) is 15.1 Å². The molecule has 0 amide bonds. The summed E-state index contributed by atoms with van der Waals surface area (Å²) < 4.78 is 0. The number of nitrogens with one attached hydrogen (secondary N) is 2. The van der Waals surface area contributed by atoms with Crippen LogP contribution >= 0.6 is 34.8 Å². The molecule has 0 radical (unpaired) electrons. The first-order valence-electron chi connectivity index (χ1n) is 5.59. The van der Waals surface area contributed by atoms with Crippen molar-refractivity contribution in [1.29, 1.82) is 0 Å². The van der Waals surface area contributed by atoms with E-state index in [1.54, 1.807) is 18.2 Å². The summed E-state index contributed by atoms with van der Waals surface area (Å²) >= 11 is 17.8. The maximum atomic E-state index is 11.3. The average molecular weight is 335 g/mol. The van der Waals surface area contributed by atoms with Crippen LogP contribution < -0.4 is 10.9 Å². The SMILES string of the molecule is O=c1[nH]ncc(NCC(O)c2c(Cl)cccc2Cl)c1Cl. The first kappa shape index (κ1) is 15.1. The maximum Gasteiger partial charge on any atom is 0.285 e. The predicted molar refractivity (Wildman–Crippen MR) is 79.8 cm³/mol. The van der Waals surface area contributed by atoms with E-state index in [1.807, 2.05) is 0 Å². The quantitative estimate of drug-likeness (QED) is 0.803. The molecule has 0 saturated heterocycles. The molecule has 2 rings (SSSR count). The molecule has 3 N–H and O–H groups in total. The first-order chi connectivity index (χ1) is 9.50. The van der Waals surface area contributed by atoms with Crippen molar-refractivity contribution in [1.82, 2.24) is 10.2 Å². The van der Waals surface area contributed by atoms with E-state index in [2.05, 4.69) is 15.5 Å². The van der Waals surface area contributed by atoms with Crippen LogP contribution in [0, 0.1) is 0 Å². The molecule has 8 heteroatoms. The van der Waals surface area contributed by atoms with Crippen molar-refractivity contribution < 1.29 is 5.11 Å². The van der Waals surface area contributed by atoms with Crippen molar-refractivity contribution in [2.45, 2.75) is 6.10 Å². The lowest BCUT2D eigenvalue weighted by atomic mass is 10.1. The zero-order valence-electron chi connectivity index (χ0n) is 10.0. The van der Waals surface area contributed by atoms with Crippen LogP contribution in [0.1, 0.15) is 11.7 Å². The highest BCUT2D eigenvalue weighted by atomic mass is 35.5. The summed E-state index contributed by atoms with van der Waals surface area (Å²) in [4.78, 5) is 11.3. The molecule has 0 spiro atoms. The molecule has 0 aliphatic carbocycles. The van der Waals surface area contributed by atoms with E-state index < -0.39 is 11.7 Å². The van der Waals surface area contributed by atoms with Crippen LogP contribution in [-0.2, 0) is 0 Å². The van der Waals surface area contributed by atoms with Gasteiger partial charge in [-0.05, 0) is 12.1 Å². The van der Waals surface area contributed by atoms with E-state index in [9.17, 15) is 9.90 Å². The van der Waals surface area contributed by atoms with Gasteiger partial charge < -0.3 is 10.4 Å². The summed E-state index contributed by atoms with van der Waals surface area (Å²) in [7, 11) is 0. The van der Waals surface area contributed by atoms with Crippen molar-refractivity contribution in [3.05, 3.63) is 55.4 Å². The highest BCUT2D eigenvalue weighted by Crippen LogP contribution is 2.30. The number of aliphatic hydroxyl groups is 1. The zero-order valence-corrected chi connectivity index (χ0v) is 12.3. The minimum Gasteiger partial charge on any atom is -0.386 e. The van der Waals surface area contributed by atoms with Crippen LogP contribution in [0.15, 0.2) is 29.2 Å². The molecule has 0 aliphatic heterocycles. The highest BCUT2D eigenvalue weighted by Gasteiger charge is 2.16. The number of hydrogen-bond acceptors (Lipinski definition) is 4. The fourth-order valence-electron chi connectivity index (χ4n) is 1.64. The van der Waals surface area contributed by atoms with E-state index >= 15 is 0 Å². The zero-order chi connectivity index (χ0) is 14.7. The molecule has 2 aromatic rings. The molecule has 0 saturated carbocycles. The van der Waals surface area contributed by atoms with Crippen molar-refractivity contribution in [2.75, 3.05) is 11.9 Å². The Labute approximate surface area is 129 Å². The third kappa shape index (κ3) is 3.24. The molecule has 1 atom stereocenters. The van der Waals surface area contributed by atoms with Gasteiger partial charge in [-0.2, -0.15) is 5.10 Å². The Kier molecular flexibility index (Phi) is 4.88. The number of aliphatic hydroxyl groups excluding tert-OH is 1. The maximum absolute atomic E-state index is 11.3. The summed E-state index contributed by atoms with van der Waals surface area (Å²) in [6, 6.07) is 4.95. The molecule has 0 aliphatic rings. The standard InChI is InChI=1S/C12H10Cl3N3O2/c13-6-2-1-3-7(14)10(6)9(19)5-16-8-4-17-18-12(20)11(8)15/h1-4,9,19H,5H2,(H2,16,18,20). The predicted octanol–water partition coefficient (Wildman–Crippen LogP) is 2.88. The van der Waals surface area contributed by atoms with E-state index in [-0.39, 0.29) is 11.6 Å². The highest BCUT2D eigenvalue weighted by molar-refractivity contribution is 6.36. The van der Waals surface area contributed by atoms with Crippen molar-refractivity contribution >= 4 is 40.5 Å². The van der Waals surface area contributed by atoms with Gasteiger partial charge in [-0.25, -0.2) is 5.10 Å². The van der Waals surface area contributed by atoms with Gasteiger partial charge in [0.05, 0.1) is 18.0 Å². The van der Waals surface area contributed by atoms with Gasteiger partial charge in [-0.3, -0.25) is 4.79 Å². The largest absolute Gasteiger partial charge is 0.386 e. The fraction of sp³-hybridized carbons (Fsp3) is 0.167. The molecule has 1 aromatic heterocycles. The van der Waals surface area contributed by atoms with Gasteiger partial charge in [-0.15, -0.1) is 0 Å². The summed E-state index contributed by atoms with van der Waals surface area (Å²) in [6.07, 6.45) is 0.400. The number of aromatic amines is 1. The summed E-state index contributed by atoms with van der Waals surface area (Å²) in [6.45, 7) is 0.0777. The number of nitrogens with zero attached hydrogens (tertiary/aromatic N) is 1. The minimum absolute atomic E-state index is 0.0301. The topological polar surface area (TPSA) is 78.0 Å². The molecule has 5 nitrogen and oxygen atoms in total. The normalized spacial score (nSPS) is 12.2. The Morgan fingerprint density at radius 3 is 2.60 bits per heavy atom. The second-order valence-electron chi connectivity index (χ2n) is 3.96. The number of H-pyrrole nitrogens is 1. The molecule has 1 aromatic carbocycles. The fourth-order valence-corrected chi connectivity index (χ4v) is 2.45. The summed E-state index contributed by atoms with van der Waals surface area (Å²) in [5.41, 5.74) is 0.219. The van der Waals surface area contributed by atoms with Crippen molar-refractivity contribution in [3.63, 3.8) is 0 Å². The van der Waals surface area contributed by atoms with Gasteiger partial charge in [0.15, 0.2) is 0 Å². The Morgan fingerprint density at radius 2 is 1.95 bits per heavy atom. The van der Waals surface area contributed by atoms with Gasteiger partial charge in [0.1, 0.15) is 5.02 Å². The van der Waals surface area contributed by atoms with Gasteiger partial charge in [0.25, 0.3) is 5.56 Å². The number of benzene rings is 1. The van der Waals surface area contributed by atoms with Crippen molar-refractivity contribution in [2.24, 2.45) is 0 Å². The molecular weight excluding hydrogens is 325 g/mol. The number of anilines is 1. The summed E-state index contributed by atoms with van der Waals surface area (Å²) in [5, 5.41) is 19.5. The van der Waals surface area contributed by atoms with Crippen LogP contribution in [0.25, 0.3) is 0 Å². The Morgan fingerprint density at radius 1 is 1.30 bits per heavy atom. The second-order valence-corrected chi connectivity index (χ2v) is 5.15. The van der Waals surface area contributed by atoms with Gasteiger partial charge >= 0.3 is 0 Å². The van der Waals surface area contributed by atoms with Crippen LogP contribution in [0.3, 0.4) is 0 Å². The average Bonchev–Trinajstić information content (AvgIpc) is 2.40. The lowest BCUT2D eigenvalue weighted by Gasteiger charge is -2.16. The number of halogens is 3. The molecular formula is C12H10Cl3N3O2. The van der Waals surface area contributed by atoms with E-state index in [0.717, 1.165) is 0 Å². The number of hydrogen-bond donors (Lipinski definition) is 3. The lowest BCUT2D eigenvalue weighted by Crippen LogP contribution is -2.16. The van der Waals surface area contributed by atoms with E-state index in [4.69, 9.17) is 34.8 Å². The van der Waals surface area contributed by atoms with Crippen molar-refractivity contribution in [3.8, 4) is 0 Å². The molecule has 1 unspecified atom stereocenters. The summed E-state index contributed by atoms with van der Waals surface area (Å²) in [5.74, 6) is 0. The Hall–Kier alpha value is -1.27. The first-order valence-corrected chi connectivity index (χ1v) is 6.73. The molecule has 106 valence electrons. The Balaban J connectivity index is 2.15. The minimum atomic E-state index is -0.952. The Bertz CT molecular complexity index is 655. The monoisotopic (exact) mass is 333 g/mol. The molecule has 1 heterocycles. The third-order valence-electron chi connectivity index (χ3n) is 2.61. The smallest absolute Gasteiger partial charge is 0.285 e. The van der Waals surface area contributed by atoms with Crippen LogP contribution in [0.5, 0.6) is 0 Å². The molecule has 0 fully saturated rings. The van der Waals surface area contributed by atoms with Crippen LogP contribution in [0.4, 0.5) is 5.69 Å². The number of aromatic nitrogens is 2. The third-order valence-corrected chi connectivity index (χ3v) is 3.65. The molecule has 20 heavy (non-hydrogen) atoms. The van der Waals surface area contributed by atoms with Gasteiger partial charge in [0, 0.05) is 22.2 Å². The van der Waals surface area contributed by atoms with E-state index in [0.29, 0.717) is 21.3 Å². The second kappa shape index (κ2) is 6.45. The molecule has 0 bridgehead atoms.